The number of hydrogen-bond donors (Lipinski definition) is 0. The standard InChI is InChI=1S/C25H28N4O5S/c26-17-20-4-1-2-6-24(20)35(31,32)28-12-10-27(11-13-28)18-25(30)29-9-3-5-21(29)19-7-8-22-23(16-19)34-15-14-33-22/h1-2,4,6-8,16,21H,3,5,9-15,18H2. The molecule has 0 aliphatic carbocycles. The monoisotopic (exact) mass is 496 g/mol. The van der Waals surface area contributed by atoms with Crippen molar-refractivity contribution in [3.63, 3.8) is 0 Å². The molecule has 10 heteroatoms. The minimum absolute atomic E-state index is 0.00229. The third-order valence-corrected chi connectivity index (χ3v) is 8.80. The molecule has 3 aliphatic rings. The third-order valence-electron chi connectivity index (χ3n) is 6.84. The lowest BCUT2D eigenvalue weighted by Crippen LogP contribution is -2.51. The van der Waals surface area contributed by atoms with Crippen molar-refractivity contribution in [1.29, 1.82) is 5.26 Å². The van der Waals surface area contributed by atoms with Gasteiger partial charge in [0.1, 0.15) is 19.3 Å². The summed E-state index contributed by atoms with van der Waals surface area (Å²) in [5.74, 6) is 1.51. The van der Waals surface area contributed by atoms with Gasteiger partial charge in [-0.3, -0.25) is 9.69 Å². The second-order valence-corrected chi connectivity index (χ2v) is 10.8. The molecule has 0 N–H and O–H groups in total. The molecule has 3 heterocycles. The zero-order valence-corrected chi connectivity index (χ0v) is 20.2. The molecule has 0 radical (unpaired) electrons. The number of nitrogens with zero attached hydrogens (tertiary/aromatic N) is 4. The highest BCUT2D eigenvalue weighted by atomic mass is 32.2. The van der Waals surface area contributed by atoms with E-state index in [1.165, 1.54) is 16.4 Å². The van der Waals surface area contributed by atoms with Crippen LogP contribution in [0.3, 0.4) is 0 Å². The van der Waals surface area contributed by atoms with E-state index in [9.17, 15) is 18.5 Å². The Morgan fingerprint density at radius 2 is 1.74 bits per heavy atom. The van der Waals surface area contributed by atoms with Crippen LogP contribution in [0.5, 0.6) is 11.5 Å². The number of piperazine rings is 1. The third kappa shape index (κ3) is 4.72. The van der Waals surface area contributed by atoms with Crippen LogP contribution in [0.4, 0.5) is 0 Å². The minimum Gasteiger partial charge on any atom is -0.486 e. The Bertz CT molecular complexity index is 1250. The Morgan fingerprint density at radius 1 is 1.00 bits per heavy atom. The highest BCUT2D eigenvalue weighted by Crippen LogP contribution is 2.38. The van der Waals surface area contributed by atoms with E-state index in [4.69, 9.17) is 9.47 Å². The molecule has 2 saturated heterocycles. The van der Waals surface area contributed by atoms with Gasteiger partial charge in [0.05, 0.1) is 23.0 Å². The first-order chi connectivity index (χ1) is 17.0. The maximum Gasteiger partial charge on any atom is 0.244 e. The topological polar surface area (TPSA) is 103 Å². The summed E-state index contributed by atoms with van der Waals surface area (Å²) in [7, 11) is -3.76. The Morgan fingerprint density at radius 3 is 2.51 bits per heavy atom. The van der Waals surface area contributed by atoms with Gasteiger partial charge in [-0.2, -0.15) is 9.57 Å². The van der Waals surface area contributed by atoms with Crippen LogP contribution in [0.2, 0.25) is 0 Å². The zero-order chi connectivity index (χ0) is 24.4. The molecule has 1 atom stereocenters. The molecule has 5 rings (SSSR count). The van der Waals surface area contributed by atoms with Crippen molar-refractivity contribution in [3.8, 4) is 17.6 Å². The average Bonchev–Trinajstić information content (AvgIpc) is 3.39. The fraction of sp³-hybridized carbons (Fsp3) is 0.440. The SMILES string of the molecule is N#Cc1ccccc1S(=O)(=O)N1CCN(CC(=O)N2CCCC2c2ccc3c(c2)OCCO3)CC1. The van der Waals surface area contributed by atoms with Crippen LogP contribution in [-0.4, -0.2) is 80.9 Å². The second kappa shape index (κ2) is 9.85. The van der Waals surface area contributed by atoms with Crippen molar-refractivity contribution in [2.45, 2.75) is 23.8 Å². The summed E-state index contributed by atoms with van der Waals surface area (Å²) in [5.41, 5.74) is 1.19. The molecule has 0 bridgehead atoms. The normalized spacial score (nSPS) is 21.0. The number of rotatable bonds is 5. The molecule has 0 aromatic heterocycles. The highest BCUT2D eigenvalue weighted by Gasteiger charge is 2.34. The lowest BCUT2D eigenvalue weighted by molar-refractivity contribution is -0.133. The van der Waals surface area contributed by atoms with Gasteiger partial charge in [0.2, 0.25) is 15.9 Å². The van der Waals surface area contributed by atoms with Gasteiger partial charge in [-0.1, -0.05) is 18.2 Å². The smallest absolute Gasteiger partial charge is 0.244 e. The number of fused-ring (bicyclic) bond motifs is 1. The average molecular weight is 497 g/mol. The maximum absolute atomic E-state index is 13.2. The Kier molecular flexibility index (Phi) is 6.65. The summed E-state index contributed by atoms with van der Waals surface area (Å²) in [6.45, 7) is 3.50. The van der Waals surface area contributed by atoms with Gasteiger partial charge in [0.15, 0.2) is 11.5 Å². The van der Waals surface area contributed by atoms with Crippen LogP contribution in [0.15, 0.2) is 47.4 Å². The molecule has 2 aromatic carbocycles. The number of carbonyl (C=O) groups excluding carboxylic acids is 1. The largest absolute Gasteiger partial charge is 0.486 e. The molecule has 2 fully saturated rings. The first-order valence-corrected chi connectivity index (χ1v) is 13.3. The molecule has 0 saturated carbocycles. The number of carbonyl (C=O) groups is 1. The quantitative estimate of drug-likeness (QED) is 0.624. The first kappa shape index (κ1) is 23.6. The predicted molar refractivity (Wildman–Crippen MR) is 127 cm³/mol. The Balaban J connectivity index is 1.21. The van der Waals surface area contributed by atoms with Gasteiger partial charge >= 0.3 is 0 Å². The van der Waals surface area contributed by atoms with Crippen LogP contribution < -0.4 is 9.47 Å². The van der Waals surface area contributed by atoms with E-state index in [0.29, 0.717) is 32.8 Å². The fourth-order valence-corrected chi connectivity index (χ4v) is 6.58. The molecule has 3 aliphatic heterocycles. The number of likely N-dealkylation sites (tertiary alicyclic amines) is 1. The van der Waals surface area contributed by atoms with Crippen LogP contribution in [0.25, 0.3) is 0 Å². The van der Waals surface area contributed by atoms with Crippen LogP contribution >= 0.6 is 0 Å². The molecule has 35 heavy (non-hydrogen) atoms. The molecular formula is C25H28N4O5S. The Hall–Kier alpha value is -3.13. The molecule has 1 amide bonds. The van der Waals surface area contributed by atoms with Crippen molar-refractivity contribution in [2.24, 2.45) is 0 Å². The van der Waals surface area contributed by atoms with E-state index >= 15 is 0 Å². The number of ether oxygens (including phenoxy) is 2. The fourth-order valence-electron chi connectivity index (χ4n) is 5.01. The summed E-state index contributed by atoms with van der Waals surface area (Å²) in [6.07, 6.45) is 1.84. The van der Waals surface area contributed by atoms with Crippen molar-refractivity contribution in [1.82, 2.24) is 14.1 Å². The highest BCUT2D eigenvalue weighted by molar-refractivity contribution is 7.89. The molecule has 0 spiro atoms. The lowest BCUT2D eigenvalue weighted by atomic mass is 10.0. The molecule has 2 aromatic rings. The van der Waals surface area contributed by atoms with Crippen LogP contribution in [-0.2, 0) is 14.8 Å². The number of benzene rings is 2. The molecule has 9 nitrogen and oxygen atoms in total. The molecule has 1 unspecified atom stereocenters. The van der Waals surface area contributed by atoms with Gasteiger partial charge in [-0.25, -0.2) is 8.42 Å². The zero-order valence-electron chi connectivity index (χ0n) is 19.4. The predicted octanol–water partition coefficient (Wildman–Crippen LogP) is 2.00. The van der Waals surface area contributed by atoms with E-state index in [2.05, 4.69) is 0 Å². The first-order valence-electron chi connectivity index (χ1n) is 11.9. The lowest BCUT2D eigenvalue weighted by Gasteiger charge is -2.35. The summed E-state index contributed by atoms with van der Waals surface area (Å²) in [4.78, 5) is 17.2. The molecule has 184 valence electrons. The summed E-state index contributed by atoms with van der Waals surface area (Å²) >= 11 is 0. The van der Waals surface area contributed by atoms with Gasteiger partial charge in [0.25, 0.3) is 0 Å². The van der Waals surface area contributed by atoms with Gasteiger partial charge in [-0.05, 0) is 42.7 Å². The maximum atomic E-state index is 13.2. The number of hydrogen-bond acceptors (Lipinski definition) is 7. The van der Waals surface area contributed by atoms with Gasteiger partial charge in [0, 0.05) is 32.7 Å². The summed E-state index contributed by atoms with van der Waals surface area (Å²) < 4.78 is 38.9. The van der Waals surface area contributed by atoms with Crippen molar-refractivity contribution < 1.29 is 22.7 Å². The van der Waals surface area contributed by atoms with E-state index in [1.54, 1.807) is 12.1 Å². The van der Waals surface area contributed by atoms with E-state index in [1.807, 2.05) is 34.1 Å². The summed E-state index contributed by atoms with van der Waals surface area (Å²) in [6, 6.07) is 14.1. The number of amides is 1. The minimum atomic E-state index is -3.76. The van der Waals surface area contributed by atoms with E-state index < -0.39 is 10.0 Å². The van der Waals surface area contributed by atoms with Crippen molar-refractivity contribution in [2.75, 3.05) is 52.5 Å². The second-order valence-electron chi connectivity index (χ2n) is 8.94. The van der Waals surface area contributed by atoms with Crippen LogP contribution in [0, 0.1) is 11.3 Å². The van der Waals surface area contributed by atoms with Crippen molar-refractivity contribution in [3.05, 3.63) is 53.6 Å². The van der Waals surface area contributed by atoms with E-state index in [0.717, 1.165) is 29.9 Å². The van der Waals surface area contributed by atoms with Gasteiger partial charge < -0.3 is 14.4 Å². The molecular weight excluding hydrogens is 468 g/mol. The Labute approximate surface area is 205 Å². The summed E-state index contributed by atoms with van der Waals surface area (Å²) in [5, 5.41) is 9.29. The number of nitriles is 1. The van der Waals surface area contributed by atoms with Crippen LogP contribution in [0.1, 0.15) is 30.0 Å². The van der Waals surface area contributed by atoms with E-state index in [-0.39, 0.29) is 42.0 Å². The number of sulfonamides is 1. The van der Waals surface area contributed by atoms with Crippen molar-refractivity contribution >= 4 is 15.9 Å². The van der Waals surface area contributed by atoms with Gasteiger partial charge in [-0.15, -0.1) is 0 Å².